The van der Waals surface area contributed by atoms with Gasteiger partial charge < -0.3 is 9.47 Å². The van der Waals surface area contributed by atoms with Crippen LogP contribution in [0.2, 0.25) is 0 Å². The summed E-state index contributed by atoms with van der Waals surface area (Å²) in [6.45, 7) is 3.23. The third-order valence-electron chi connectivity index (χ3n) is 4.11. The molecule has 1 aliphatic heterocycles. The molecule has 2 heterocycles. The number of nitrogens with zero attached hydrogens (tertiary/aromatic N) is 3. The molecule has 0 spiro atoms. The van der Waals surface area contributed by atoms with Crippen molar-refractivity contribution in [2.45, 2.75) is 6.92 Å². The van der Waals surface area contributed by atoms with Gasteiger partial charge in [-0.3, -0.25) is 4.99 Å². The van der Waals surface area contributed by atoms with E-state index in [0.717, 1.165) is 33.1 Å². The van der Waals surface area contributed by atoms with E-state index in [9.17, 15) is 0 Å². The fourth-order valence-corrected chi connectivity index (χ4v) is 3.54. The highest BCUT2D eigenvalue weighted by Crippen LogP contribution is 2.34. The van der Waals surface area contributed by atoms with Crippen LogP contribution in [0.5, 0.6) is 11.5 Å². The SMILES string of the molecule is CN=c1scc(-c2ccc3c(c2)OCCO3)n1/N=C\c1ccc(C)cc1. The summed E-state index contributed by atoms with van der Waals surface area (Å²) >= 11 is 1.56. The maximum atomic E-state index is 5.71. The van der Waals surface area contributed by atoms with Crippen molar-refractivity contribution < 1.29 is 9.47 Å². The van der Waals surface area contributed by atoms with Crippen LogP contribution in [0.3, 0.4) is 0 Å². The van der Waals surface area contributed by atoms with Crippen LogP contribution >= 0.6 is 11.3 Å². The van der Waals surface area contributed by atoms with Crippen molar-refractivity contribution in [2.24, 2.45) is 10.1 Å². The Morgan fingerprint density at radius 3 is 2.58 bits per heavy atom. The number of aryl methyl sites for hydroxylation is 1. The molecule has 0 bridgehead atoms. The van der Waals surface area contributed by atoms with Crippen LogP contribution in [0.15, 0.2) is 57.9 Å². The van der Waals surface area contributed by atoms with E-state index in [2.05, 4.69) is 46.7 Å². The number of hydrogen-bond donors (Lipinski definition) is 0. The maximum absolute atomic E-state index is 5.71. The molecule has 0 saturated heterocycles. The Balaban J connectivity index is 1.74. The van der Waals surface area contributed by atoms with Gasteiger partial charge in [-0.05, 0) is 30.7 Å². The third kappa shape index (κ3) is 3.28. The van der Waals surface area contributed by atoms with Crippen molar-refractivity contribution in [1.82, 2.24) is 4.68 Å². The molecule has 26 heavy (non-hydrogen) atoms. The van der Waals surface area contributed by atoms with Crippen LogP contribution in [-0.2, 0) is 0 Å². The largest absolute Gasteiger partial charge is 0.486 e. The fourth-order valence-electron chi connectivity index (χ4n) is 2.74. The first kappa shape index (κ1) is 16.6. The van der Waals surface area contributed by atoms with Crippen LogP contribution in [0.25, 0.3) is 11.3 Å². The van der Waals surface area contributed by atoms with Crippen molar-refractivity contribution in [3.63, 3.8) is 0 Å². The Bertz CT molecular complexity index is 1020. The minimum absolute atomic E-state index is 0.571. The van der Waals surface area contributed by atoms with Gasteiger partial charge in [-0.15, -0.1) is 11.3 Å². The summed E-state index contributed by atoms with van der Waals surface area (Å²) in [5.41, 5.74) is 4.26. The van der Waals surface area contributed by atoms with Crippen molar-refractivity contribution in [2.75, 3.05) is 20.3 Å². The first-order chi connectivity index (χ1) is 12.7. The molecule has 3 aromatic rings. The summed E-state index contributed by atoms with van der Waals surface area (Å²) in [5.74, 6) is 1.55. The number of hydrogen-bond acceptors (Lipinski definition) is 5. The Morgan fingerprint density at radius 1 is 1.04 bits per heavy atom. The minimum atomic E-state index is 0.571. The number of ether oxygens (including phenoxy) is 2. The lowest BCUT2D eigenvalue weighted by atomic mass is 10.1. The summed E-state index contributed by atoms with van der Waals surface area (Å²) < 4.78 is 13.2. The van der Waals surface area contributed by atoms with Crippen molar-refractivity contribution in [3.8, 4) is 22.8 Å². The summed E-state index contributed by atoms with van der Waals surface area (Å²) in [5, 5.41) is 6.72. The second-order valence-electron chi connectivity index (χ2n) is 5.95. The first-order valence-corrected chi connectivity index (χ1v) is 9.27. The average molecular weight is 365 g/mol. The van der Waals surface area contributed by atoms with E-state index in [1.54, 1.807) is 18.4 Å². The highest BCUT2D eigenvalue weighted by Gasteiger charge is 2.14. The highest BCUT2D eigenvalue weighted by atomic mass is 32.1. The van der Waals surface area contributed by atoms with E-state index in [4.69, 9.17) is 9.47 Å². The number of thiazole rings is 1. The molecule has 1 aromatic heterocycles. The summed E-state index contributed by atoms with van der Waals surface area (Å²) in [6, 6.07) is 14.2. The lowest BCUT2D eigenvalue weighted by Gasteiger charge is -2.18. The molecule has 1 aliphatic rings. The molecule has 0 amide bonds. The van der Waals surface area contributed by atoms with Crippen molar-refractivity contribution >= 4 is 17.6 Å². The molecule has 0 atom stereocenters. The Labute approximate surface area is 155 Å². The highest BCUT2D eigenvalue weighted by molar-refractivity contribution is 7.07. The van der Waals surface area contributed by atoms with Gasteiger partial charge in [0.2, 0.25) is 4.80 Å². The molecule has 0 radical (unpaired) electrons. The third-order valence-corrected chi connectivity index (χ3v) is 5.02. The van der Waals surface area contributed by atoms with Gasteiger partial charge in [0, 0.05) is 18.0 Å². The molecule has 132 valence electrons. The zero-order valence-corrected chi connectivity index (χ0v) is 15.5. The van der Waals surface area contributed by atoms with E-state index in [1.807, 2.05) is 29.1 Å². The zero-order chi connectivity index (χ0) is 17.9. The lowest BCUT2D eigenvalue weighted by Crippen LogP contribution is -2.15. The summed E-state index contributed by atoms with van der Waals surface area (Å²) in [4.78, 5) is 5.17. The van der Waals surface area contributed by atoms with E-state index in [0.29, 0.717) is 13.2 Å². The van der Waals surface area contributed by atoms with Gasteiger partial charge in [0.1, 0.15) is 13.2 Å². The number of aromatic nitrogens is 1. The predicted molar refractivity (Wildman–Crippen MR) is 104 cm³/mol. The molecule has 0 unspecified atom stereocenters. The smallest absolute Gasteiger partial charge is 0.205 e. The maximum Gasteiger partial charge on any atom is 0.205 e. The summed E-state index contributed by atoms with van der Waals surface area (Å²) in [6.07, 6.45) is 1.85. The van der Waals surface area contributed by atoms with Gasteiger partial charge in [0.05, 0.1) is 11.9 Å². The molecule has 5 nitrogen and oxygen atoms in total. The molecular weight excluding hydrogens is 346 g/mol. The first-order valence-electron chi connectivity index (χ1n) is 8.39. The quantitative estimate of drug-likeness (QED) is 0.665. The Morgan fingerprint density at radius 2 is 1.81 bits per heavy atom. The molecule has 0 N–H and O–H groups in total. The molecule has 0 fully saturated rings. The zero-order valence-electron chi connectivity index (χ0n) is 14.7. The minimum Gasteiger partial charge on any atom is -0.486 e. The van der Waals surface area contributed by atoms with E-state index >= 15 is 0 Å². The monoisotopic (exact) mass is 365 g/mol. The van der Waals surface area contributed by atoms with Gasteiger partial charge >= 0.3 is 0 Å². The van der Waals surface area contributed by atoms with Crippen molar-refractivity contribution in [3.05, 3.63) is 63.8 Å². The van der Waals surface area contributed by atoms with Crippen LogP contribution in [0.1, 0.15) is 11.1 Å². The number of rotatable bonds is 3. The van der Waals surface area contributed by atoms with E-state index in [-0.39, 0.29) is 0 Å². The normalized spacial score (nSPS) is 14.2. The van der Waals surface area contributed by atoms with E-state index < -0.39 is 0 Å². The molecule has 6 heteroatoms. The van der Waals surface area contributed by atoms with E-state index in [1.165, 1.54) is 5.56 Å². The molecule has 4 rings (SSSR count). The second kappa shape index (κ2) is 7.17. The Hall–Kier alpha value is -2.86. The van der Waals surface area contributed by atoms with Gasteiger partial charge in [-0.25, -0.2) is 4.68 Å². The predicted octanol–water partition coefficient (Wildman–Crippen LogP) is 3.71. The van der Waals surface area contributed by atoms with Gasteiger partial charge in [0.25, 0.3) is 0 Å². The lowest BCUT2D eigenvalue weighted by molar-refractivity contribution is 0.171. The van der Waals surface area contributed by atoms with Crippen LogP contribution in [-0.4, -0.2) is 31.2 Å². The van der Waals surface area contributed by atoms with Gasteiger partial charge in [0.15, 0.2) is 11.5 Å². The number of benzene rings is 2. The van der Waals surface area contributed by atoms with Gasteiger partial charge in [-0.1, -0.05) is 29.8 Å². The van der Waals surface area contributed by atoms with Crippen molar-refractivity contribution in [1.29, 1.82) is 0 Å². The average Bonchev–Trinajstić information content (AvgIpc) is 3.10. The second-order valence-corrected chi connectivity index (χ2v) is 6.79. The Kier molecular flexibility index (Phi) is 4.58. The summed E-state index contributed by atoms with van der Waals surface area (Å²) in [7, 11) is 1.78. The van der Waals surface area contributed by atoms with Crippen LogP contribution in [0.4, 0.5) is 0 Å². The fraction of sp³-hybridized carbons (Fsp3) is 0.200. The molecule has 0 aliphatic carbocycles. The van der Waals surface area contributed by atoms with Gasteiger partial charge in [-0.2, -0.15) is 5.10 Å². The molecular formula is C20H19N3O2S. The van der Waals surface area contributed by atoms with Crippen LogP contribution in [0, 0.1) is 6.92 Å². The molecule has 2 aromatic carbocycles. The number of fused-ring (bicyclic) bond motifs is 1. The topological polar surface area (TPSA) is 48.1 Å². The molecule has 0 saturated carbocycles. The standard InChI is InChI=1S/C20H19N3O2S/c1-14-3-5-15(6-4-14)12-22-23-17(13-26-20(23)21-2)16-7-8-18-19(11-16)25-10-9-24-18/h3-8,11-13H,9-10H2,1-2H3/b21-20?,22-12-. The van der Waals surface area contributed by atoms with Crippen LogP contribution < -0.4 is 14.3 Å².